The number of carbonyl (C=O) groups excluding carboxylic acids is 3. The quantitative estimate of drug-likeness (QED) is 0.481. The van der Waals surface area contributed by atoms with Gasteiger partial charge in [0.2, 0.25) is 0 Å². The number of furan rings is 1. The largest absolute Gasteiger partial charge is 0.485 e. The van der Waals surface area contributed by atoms with E-state index in [1.54, 1.807) is 41.3 Å². The first-order chi connectivity index (χ1) is 17.0. The fraction of sp³-hybridized carbons (Fsp3) is 0.296. The molecule has 2 aliphatic rings. The van der Waals surface area contributed by atoms with Crippen molar-refractivity contribution in [1.82, 2.24) is 4.90 Å². The van der Waals surface area contributed by atoms with Crippen molar-refractivity contribution in [2.75, 3.05) is 31.2 Å². The molecule has 2 amide bonds. The third-order valence-electron chi connectivity index (χ3n) is 6.16. The Morgan fingerprint density at radius 3 is 2.66 bits per heavy atom. The van der Waals surface area contributed by atoms with Gasteiger partial charge in [-0.3, -0.25) is 19.3 Å². The van der Waals surface area contributed by atoms with Gasteiger partial charge in [-0.05, 0) is 67.8 Å². The van der Waals surface area contributed by atoms with Crippen LogP contribution in [0.3, 0.4) is 0 Å². The lowest BCUT2D eigenvalue weighted by Crippen LogP contribution is -2.38. The number of aryl methyl sites for hydroxylation is 1. The highest BCUT2D eigenvalue weighted by Crippen LogP contribution is 2.34. The summed E-state index contributed by atoms with van der Waals surface area (Å²) in [5.41, 5.74) is 1.92. The van der Waals surface area contributed by atoms with E-state index >= 15 is 0 Å². The number of ketones is 1. The van der Waals surface area contributed by atoms with Gasteiger partial charge in [-0.1, -0.05) is 12.1 Å². The first-order valence-electron chi connectivity index (χ1n) is 11.7. The number of nitrogens with zero attached hydrogens (tertiary/aromatic N) is 2. The minimum Gasteiger partial charge on any atom is -0.485 e. The number of hydrogen-bond donors (Lipinski definition) is 0. The second-order valence-electron chi connectivity index (χ2n) is 8.74. The first-order valence-corrected chi connectivity index (χ1v) is 11.7. The van der Waals surface area contributed by atoms with E-state index in [4.69, 9.17) is 13.9 Å². The van der Waals surface area contributed by atoms with Crippen LogP contribution in [-0.4, -0.2) is 48.8 Å². The number of ether oxygens (including phenoxy) is 2. The van der Waals surface area contributed by atoms with Crippen molar-refractivity contribution in [2.45, 2.75) is 26.3 Å². The molecule has 3 aromatic rings. The zero-order chi connectivity index (χ0) is 24.4. The topological polar surface area (TPSA) is 89.3 Å². The summed E-state index contributed by atoms with van der Waals surface area (Å²) in [7, 11) is 0. The lowest BCUT2D eigenvalue weighted by Gasteiger charge is -2.29. The third-order valence-corrected chi connectivity index (χ3v) is 6.16. The van der Waals surface area contributed by atoms with Crippen LogP contribution in [0.4, 0.5) is 5.69 Å². The summed E-state index contributed by atoms with van der Waals surface area (Å²) in [6.07, 6.45) is 1.99. The number of likely N-dealkylation sites (tertiary alicyclic amines) is 1. The van der Waals surface area contributed by atoms with Gasteiger partial charge in [-0.25, -0.2) is 0 Å². The summed E-state index contributed by atoms with van der Waals surface area (Å²) in [5.74, 6) is 1.25. The van der Waals surface area contributed by atoms with Crippen LogP contribution < -0.4 is 14.4 Å². The van der Waals surface area contributed by atoms with E-state index < -0.39 is 0 Å². The molecule has 1 fully saturated rings. The van der Waals surface area contributed by atoms with Crippen LogP contribution in [0.25, 0.3) is 0 Å². The zero-order valence-corrected chi connectivity index (χ0v) is 19.5. The van der Waals surface area contributed by atoms with E-state index in [1.165, 1.54) is 4.90 Å². The van der Waals surface area contributed by atoms with Crippen LogP contribution in [0.1, 0.15) is 45.1 Å². The lowest BCUT2D eigenvalue weighted by atomic mass is 10.1. The molecule has 1 saturated heterocycles. The van der Waals surface area contributed by atoms with Crippen molar-refractivity contribution in [1.29, 1.82) is 0 Å². The number of amides is 2. The van der Waals surface area contributed by atoms with Gasteiger partial charge in [0.05, 0.1) is 12.2 Å². The molecule has 3 heterocycles. The third kappa shape index (κ3) is 4.91. The van der Waals surface area contributed by atoms with Crippen molar-refractivity contribution >= 4 is 23.3 Å². The van der Waals surface area contributed by atoms with Gasteiger partial charge in [0.15, 0.2) is 24.8 Å². The van der Waals surface area contributed by atoms with Gasteiger partial charge in [0.1, 0.15) is 17.3 Å². The van der Waals surface area contributed by atoms with Crippen LogP contribution in [-0.2, 0) is 11.3 Å². The molecule has 0 unspecified atom stereocenters. The molecule has 0 atom stereocenters. The number of fused-ring (bicyclic) bond motifs is 1. The second kappa shape index (κ2) is 9.66. The number of hydrogen-bond acceptors (Lipinski definition) is 6. The average Bonchev–Trinajstić information content (AvgIpc) is 3.56. The summed E-state index contributed by atoms with van der Waals surface area (Å²) in [4.78, 5) is 41.4. The van der Waals surface area contributed by atoms with E-state index in [9.17, 15) is 14.4 Å². The highest BCUT2D eigenvalue weighted by molar-refractivity contribution is 6.02. The molecule has 35 heavy (non-hydrogen) atoms. The maximum absolute atomic E-state index is 12.8. The van der Waals surface area contributed by atoms with Crippen LogP contribution in [0.5, 0.6) is 11.5 Å². The fourth-order valence-electron chi connectivity index (χ4n) is 4.30. The molecule has 2 aromatic carbocycles. The van der Waals surface area contributed by atoms with E-state index in [2.05, 4.69) is 0 Å². The number of Topliss-reactive ketones (excluding diaryl/α,β-unsaturated/α-hetero) is 1. The minimum absolute atomic E-state index is 0.114. The Balaban J connectivity index is 1.32. The van der Waals surface area contributed by atoms with Crippen LogP contribution in [0.15, 0.2) is 59.0 Å². The summed E-state index contributed by atoms with van der Waals surface area (Å²) in [5, 5.41) is 0. The molecule has 1 aromatic heterocycles. The summed E-state index contributed by atoms with van der Waals surface area (Å²) in [6, 6.07) is 15.8. The molecule has 2 aliphatic heterocycles. The Morgan fingerprint density at radius 1 is 1.03 bits per heavy atom. The van der Waals surface area contributed by atoms with Gasteiger partial charge >= 0.3 is 0 Å². The maximum Gasteiger partial charge on any atom is 0.289 e. The molecule has 8 nitrogen and oxygen atoms in total. The van der Waals surface area contributed by atoms with Crippen molar-refractivity contribution in [2.24, 2.45) is 0 Å². The number of carbonyl (C=O) groups is 3. The Bertz CT molecular complexity index is 1270. The molecule has 8 heteroatoms. The van der Waals surface area contributed by atoms with E-state index in [-0.39, 0.29) is 43.1 Å². The van der Waals surface area contributed by atoms with Crippen LogP contribution >= 0.6 is 0 Å². The van der Waals surface area contributed by atoms with Crippen molar-refractivity contribution < 1.29 is 28.3 Å². The average molecular weight is 475 g/mol. The number of benzene rings is 2. The highest BCUT2D eigenvalue weighted by atomic mass is 16.5. The minimum atomic E-state index is -0.262. The first kappa shape index (κ1) is 22.7. The molecule has 0 radical (unpaired) electrons. The van der Waals surface area contributed by atoms with Gasteiger partial charge in [-0.15, -0.1) is 0 Å². The maximum atomic E-state index is 12.8. The molecule has 0 aliphatic carbocycles. The molecule has 0 bridgehead atoms. The zero-order valence-electron chi connectivity index (χ0n) is 19.5. The fourth-order valence-corrected chi connectivity index (χ4v) is 4.30. The Morgan fingerprint density at radius 2 is 1.86 bits per heavy atom. The standard InChI is InChI=1S/C27H26N2O6/c1-18-5-4-6-20(13-18)33-16-23(30)19-7-9-24-22(14-19)29(26(31)17-34-24)15-21-8-10-25(35-21)27(32)28-11-2-3-12-28/h4-10,13-14H,2-3,11-12,15-17H2,1H3. The highest BCUT2D eigenvalue weighted by Gasteiger charge is 2.29. The normalized spacial score (nSPS) is 15.1. The predicted molar refractivity (Wildman–Crippen MR) is 128 cm³/mol. The summed E-state index contributed by atoms with van der Waals surface area (Å²) >= 11 is 0. The Labute approximate surface area is 203 Å². The van der Waals surface area contributed by atoms with Gasteiger partial charge < -0.3 is 18.8 Å². The molecule has 0 N–H and O–H groups in total. The molecule has 0 saturated carbocycles. The second-order valence-corrected chi connectivity index (χ2v) is 8.74. The summed E-state index contributed by atoms with van der Waals surface area (Å²) in [6.45, 7) is 3.30. The van der Waals surface area contributed by atoms with E-state index in [0.717, 1.165) is 31.5 Å². The molecule has 5 rings (SSSR count). The van der Waals surface area contributed by atoms with Crippen molar-refractivity contribution in [3.8, 4) is 11.5 Å². The van der Waals surface area contributed by atoms with Gasteiger partial charge in [0, 0.05) is 18.7 Å². The predicted octanol–water partition coefficient (Wildman–Crippen LogP) is 4.01. The molecular formula is C27H26N2O6. The van der Waals surface area contributed by atoms with Crippen LogP contribution in [0.2, 0.25) is 0 Å². The smallest absolute Gasteiger partial charge is 0.289 e. The Kier molecular flexibility index (Phi) is 6.27. The Hall–Kier alpha value is -4.07. The van der Waals surface area contributed by atoms with E-state index in [0.29, 0.717) is 28.5 Å². The van der Waals surface area contributed by atoms with Crippen LogP contribution in [0, 0.1) is 6.92 Å². The van der Waals surface area contributed by atoms with Crippen molar-refractivity contribution in [3.63, 3.8) is 0 Å². The monoisotopic (exact) mass is 474 g/mol. The molecule has 180 valence electrons. The van der Waals surface area contributed by atoms with Crippen molar-refractivity contribution in [3.05, 3.63) is 77.2 Å². The number of rotatable bonds is 7. The lowest BCUT2D eigenvalue weighted by molar-refractivity contribution is -0.121. The SMILES string of the molecule is Cc1cccc(OCC(=O)c2ccc3c(c2)N(Cc2ccc(C(=O)N4CCCC4)o2)C(=O)CO3)c1. The summed E-state index contributed by atoms with van der Waals surface area (Å²) < 4.78 is 17.0. The van der Waals surface area contributed by atoms with E-state index in [1.807, 2.05) is 25.1 Å². The molecular weight excluding hydrogens is 448 g/mol. The van der Waals surface area contributed by atoms with Gasteiger partial charge in [0.25, 0.3) is 11.8 Å². The molecule has 0 spiro atoms. The number of anilines is 1. The van der Waals surface area contributed by atoms with Gasteiger partial charge in [-0.2, -0.15) is 0 Å².